The number of alkyl halides is 2. The number of halogens is 2. The van der Waals surface area contributed by atoms with E-state index in [4.69, 9.17) is 5.73 Å². The quantitative estimate of drug-likeness (QED) is 0.899. The maximum atomic E-state index is 12.1. The maximum absolute atomic E-state index is 12.1. The van der Waals surface area contributed by atoms with Crippen LogP contribution in [-0.2, 0) is 6.54 Å². The van der Waals surface area contributed by atoms with E-state index in [9.17, 15) is 8.78 Å². The molecule has 100 valence electrons. The lowest BCUT2D eigenvalue weighted by Gasteiger charge is -2.33. The fourth-order valence-corrected chi connectivity index (χ4v) is 2.27. The van der Waals surface area contributed by atoms with E-state index in [2.05, 4.69) is 9.64 Å². The minimum absolute atomic E-state index is 0.0680. The molecule has 0 unspecified atom stereocenters. The van der Waals surface area contributed by atoms with E-state index in [1.54, 1.807) is 12.1 Å². The molecule has 3 nitrogen and oxygen atoms in total. The van der Waals surface area contributed by atoms with Crippen LogP contribution in [-0.4, -0.2) is 24.2 Å². The predicted molar refractivity (Wildman–Crippen MR) is 65.3 cm³/mol. The monoisotopic (exact) mass is 256 g/mol. The molecule has 0 saturated carbocycles. The minimum Gasteiger partial charge on any atom is -0.435 e. The van der Waals surface area contributed by atoms with Gasteiger partial charge >= 0.3 is 6.61 Å². The zero-order valence-electron chi connectivity index (χ0n) is 10.2. The highest BCUT2D eigenvalue weighted by atomic mass is 19.3. The van der Waals surface area contributed by atoms with Crippen LogP contribution in [0.5, 0.6) is 5.75 Å². The third-order valence-corrected chi connectivity index (χ3v) is 3.17. The lowest BCUT2D eigenvalue weighted by atomic mass is 10.1. The summed E-state index contributed by atoms with van der Waals surface area (Å²) in [6, 6.07) is 6.81. The van der Waals surface area contributed by atoms with Gasteiger partial charge in [-0.1, -0.05) is 12.1 Å². The number of piperidine rings is 1. The number of benzene rings is 1. The van der Waals surface area contributed by atoms with Gasteiger partial charge in [-0.25, -0.2) is 0 Å². The molecule has 1 aliphatic rings. The average molecular weight is 256 g/mol. The van der Waals surface area contributed by atoms with Crippen LogP contribution in [0.1, 0.15) is 24.8 Å². The van der Waals surface area contributed by atoms with Crippen LogP contribution in [0.4, 0.5) is 8.78 Å². The highest BCUT2D eigenvalue weighted by Crippen LogP contribution is 2.20. The van der Waals surface area contributed by atoms with Crippen molar-refractivity contribution in [1.82, 2.24) is 4.90 Å². The van der Waals surface area contributed by atoms with Gasteiger partial charge in [0.1, 0.15) is 5.75 Å². The Hall–Kier alpha value is -1.20. The SMILES string of the molecule is N[C@@H]1CCCCN1Cc1cccc(OC(F)F)c1. The van der Waals surface area contributed by atoms with Crippen LogP contribution >= 0.6 is 0 Å². The molecular weight excluding hydrogens is 238 g/mol. The molecule has 1 aromatic carbocycles. The summed E-state index contributed by atoms with van der Waals surface area (Å²) in [5.74, 6) is 0.202. The molecule has 2 rings (SSSR count). The van der Waals surface area contributed by atoms with Crippen LogP contribution in [0.25, 0.3) is 0 Å². The Morgan fingerprint density at radius 2 is 2.22 bits per heavy atom. The molecule has 1 atom stereocenters. The molecule has 18 heavy (non-hydrogen) atoms. The van der Waals surface area contributed by atoms with Gasteiger partial charge in [0.05, 0.1) is 6.17 Å². The molecule has 1 aromatic rings. The normalized spacial score (nSPS) is 21.2. The second kappa shape index (κ2) is 6.11. The van der Waals surface area contributed by atoms with Crippen LogP contribution in [0, 0.1) is 0 Å². The molecule has 0 radical (unpaired) electrons. The summed E-state index contributed by atoms with van der Waals surface area (Å²) >= 11 is 0. The van der Waals surface area contributed by atoms with Gasteiger partial charge in [0.2, 0.25) is 0 Å². The molecule has 0 aliphatic carbocycles. The van der Waals surface area contributed by atoms with Crippen LogP contribution in [0.15, 0.2) is 24.3 Å². The summed E-state index contributed by atoms with van der Waals surface area (Å²) in [5, 5.41) is 0. The van der Waals surface area contributed by atoms with E-state index in [0.717, 1.165) is 31.4 Å². The number of ether oxygens (including phenoxy) is 1. The lowest BCUT2D eigenvalue weighted by molar-refractivity contribution is -0.0499. The zero-order chi connectivity index (χ0) is 13.0. The van der Waals surface area contributed by atoms with E-state index in [-0.39, 0.29) is 11.9 Å². The number of nitrogens with zero attached hydrogens (tertiary/aromatic N) is 1. The molecule has 0 aromatic heterocycles. The Labute approximate surface area is 106 Å². The number of hydrogen-bond donors (Lipinski definition) is 1. The van der Waals surface area contributed by atoms with E-state index in [1.165, 1.54) is 6.07 Å². The fraction of sp³-hybridized carbons (Fsp3) is 0.538. The molecule has 1 saturated heterocycles. The van der Waals surface area contributed by atoms with Gasteiger partial charge in [-0.3, -0.25) is 4.90 Å². The number of hydrogen-bond acceptors (Lipinski definition) is 3. The largest absolute Gasteiger partial charge is 0.435 e. The van der Waals surface area contributed by atoms with Crippen molar-refractivity contribution >= 4 is 0 Å². The highest BCUT2D eigenvalue weighted by Gasteiger charge is 2.18. The van der Waals surface area contributed by atoms with Gasteiger partial charge in [0.25, 0.3) is 0 Å². The first-order chi connectivity index (χ1) is 8.65. The first-order valence-corrected chi connectivity index (χ1v) is 6.18. The van der Waals surface area contributed by atoms with Gasteiger partial charge in [-0.15, -0.1) is 0 Å². The first-order valence-electron chi connectivity index (χ1n) is 6.18. The summed E-state index contributed by atoms with van der Waals surface area (Å²) in [6.45, 7) is -1.14. The third-order valence-electron chi connectivity index (χ3n) is 3.17. The van der Waals surface area contributed by atoms with E-state index >= 15 is 0 Å². The van der Waals surface area contributed by atoms with Crippen molar-refractivity contribution < 1.29 is 13.5 Å². The molecule has 2 N–H and O–H groups in total. The van der Waals surface area contributed by atoms with Gasteiger partial charge in [0.15, 0.2) is 0 Å². The van der Waals surface area contributed by atoms with E-state index in [0.29, 0.717) is 6.54 Å². The van der Waals surface area contributed by atoms with E-state index < -0.39 is 6.61 Å². The Morgan fingerprint density at radius 3 is 2.94 bits per heavy atom. The Kier molecular flexibility index (Phi) is 4.49. The molecule has 1 aliphatic heterocycles. The van der Waals surface area contributed by atoms with Gasteiger partial charge in [0, 0.05) is 6.54 Å². The summed E-state index contributed by atoms with van der Waals surface area (Å²) in [5.41, 5.74) is 6.97. The van der Waals surface area contributed by atoms with Crippen molar-refractivity contribution in [1.29, 1.82) is 0 Å². The second-order valence-corrected chi connectivity index (χ2v) is 4.56. The Morgan fingerprint density at radius 1 is 1.39 bits per heavy atom. The second-order valence-electron chi connectivity index (χ2n) is 4.56. The van der Waals surface area contributed by atoms with Crippen molar-refractivity contribution in [2.24, 2.45) is 5.73 Å². The van der Waals surface area contributed by atoms with Crippen molar-refractivity contribution in [3.8, 4) is 5.75 Å². The van der Waals surface area contributed by atoms with Gasteiger partial charge < -0.3 is 10.5 Å². The summed E-state index contributed by atoms with van der Waals surface area (Å²) in [7, 11) is 0. The van der Waals surface area contributed by atoms with Crippen molar-refractivity contribution in [2.45, 2.75) is 38.6 Å². The highest BCUT2D eigenvalue weighted by molar-refractivity contribution is 5.28. The number of rotatable bonds is 4. The minimum atomic E-state index is -2.78. The molecular formula is C13H18F2N2O. The molecule has 1 heterocycles. The zero-order valence-corrected chi connectivity index (χ0v) is 10.2. The predicted octanol–water partition coefficient (Wildman–Crippen LogP) is 2.56. The third kappa shape index (κ3) is 3.65. The van der Waals surface area contributed by atoms with Crippen molar-refractivity contribution in [3.63, 3.8) is 0 Å². The topological polar surface area (TPSA) is 38.5 Å². The average Bonchev–Trinajstić information content (AvgIpc) is 2.32. The Bertz CT molecular complexity index is 387. The summed E-state index contributed by atoms with van der Waals surface area (Å²) < 4.78 is 28.6. The number of nitrogens with two attached hydrogens (primary N) is 1. The van der Waals surface area contributed by atoms with Gasteiger partial charge in [-0.2, -0.15) is 8.78 Å². The fourth-order valence-electron chi connectivity index (χ4n) is 2.27. The smallest absolute Gasteiger partial charge is 0.387 e. The summed E-state index contributed by atoms with van der Waals surface area (Å²) in [6.07, 6.45) is 3.36. The molecule has 1 fully saturated rings. The van der Waals surface area contributed by atoms with Crippen LogP contribution < -0.4 is 10.5 Å². The van der Waals surface area contributed by atoms with Crippen LogP contribution in [0.2, 0.25) is 0 Å². The molecule has 0 amide bonds. The van der Waals surface area contributed by atoms with Crippen molar-refractivity contribution in [3.05, 3.63) is 29.8 Å². The maximum Gasteiger partial charge on any atom is 0.387 e. The molecule has 5 heteroatoms. The standard InChI is InChI=1S/C13H18F2N2O/c14-13(15)18-11-5-3-4-10(8-11)9-17-7-2-1-6-12(17)16/h3-5,8,12-13H,1-2,6-7,9,16H2/t12-/m0/s1. The van der Waals surface area contributed by atoms with Gasteiger partial charge in [-0.05, 0) is 43.5 Å². The Balaban J connectivity index is 1.99. The first kappa shape index (κ1) is 13.2. The summed E-state index contributed by atoms with van der Waals surface area (Å²) in [4.78, 5) is 2.17. The van der Waals surface area contributed by atoms with E-state index in [1.807, 2.05) is 6.07 Å². The molecule has 0 bridgehead atoms. The number of likely N-dealkylation sites (tertiary alicyclic amines) is 1. The van der Waals surface area contributed by atoms with Crippen LogP contribution in [0.3, 0.4) is 0 Å². The van der Waals surface area contributed by atoms with Crippen molar-refractivity contribution in [2.75, 3.05) is 6.54 Å². The lowest BCUT2D eigenvalue weighted by Crippen LogP contribution is -2.44. The molecule has 0 spiro atoms.